The monoisotopic (exact) mass is 324 g/mol. The van der Waals surface area contributed by atoms with Gasteiger partial charge < -0.3 is 23.8 Å². The van der Waals surface area contributed by atoms with Crippen LogP contribution in [-0.4, -0.2) is 20.1 Å². The van der Waals surface area contributed by atoms with Crippen molar-refractivity contribution in [2.45, 2.75) is 25.4 Å². The van der Waals surface area contributed by atoms with Crippen molar-refractivity contribution in [2.75, 3.05) is 20.1 Å². The third kappa shape index (κ3) is 1.68. The minimum atomic E-state index is 0.339. The van der Waals surface area contributed by atoms with Gasteiger partial charge in [-0.15, -0.1) is 0 Å². The summed E-state index contributed by atoms with van der Waals surface area (Å²) in [5.41, 5.74) is 5.56. The molecule has 1 N–H and O–H groups in total. The molecule has 0 aliphatic carbocycles. The van der Waals surface area contributed by atoms with Crippen LogP contribution in [0, 0.1) is 0 Å². The summed E-state index contributed by atoms with van der Waals surface area (Å²) in [7, 11) is 0. The highest BCUT2D eigenvalue weighted by molar-refractivity contribution is 5.54. The Balaban J connectivity index is 1.45. The third-order valence-corrected chi connectivity index (χ3v) is 5.79. The van der Waals surface area contributed by atoms with Crippen molar-refractivity contribution in [3.63, 3.8) is 0 Å². The Bertz CT molecular complexity index is 863. The number of nitrogens with one attached hydrogen (secondary N) is 1. The predicted molar refractivity (Wildman–Crippen MR) is 84.8 cm³/mol. The molecule has 0 saturated carbocycles. The predicted octanol–water partition coefficient (Wildman–Crippen LogP) is 1.38. The van der Waals surface area contributed by atoms with Gasteiger partial charge in [-0.3, -0.25) is 0 Å². The second-order valence-electron chi connectivity index (χ2n) is 6.93. The molecular formula is C19H18NO4+. The smallest absolute Gasteiger partial charge is 0.231 e. The van der Waals surface area contributed by atoms with Crippen molar-refractivity contribution >= 4 is 0 Å². The number of hydrogen-bond acceptors (Lipinski definition) is 4. The van der Waals surface area contributed by atoms with Gasteiger partial charge in [0.05, 0.1) is 12.1 Å². The lowest BCUT2D eigenvalue weighted by Crippen LogP contribution is -3.13. The van der Waals surface area contributed by atoms with E-state index in [0.29, 0.717) is 19.6 Å². The van der Waals surface area contributed by atoms with Crippen LogP contribution in [0.25, 0.3) is 0 Å². The molecule has 4 aliphatic heterocycles. The van der Waals surface area contributed by atoms with Gasteiger partial charge in [-0.1, -0.05) is 6.07 Å². The first kappa shape index (κ1) is 13.0. The molecule has 1 unspecified atom stereocenters. The second kappa shape index (κ2) is 4.57. The topological polar surface area (TPSA) is 41.4 Å². The van der Waals surface area contributed by atoms with Crippen LogP contribution in [0.15, 0.2) is 24.3 Å². The van der Waals surface area contributed by atoms with Gasteiger partial charge in [0, 0.05) is 18.4 Å². The van der Waals surface area contributed by atoms with Crippen LogP contribution in [0.5, 0.6) is 23.0 Å². The molecule has 122 valence electrons. The molecular weight excluding hydrogens is 306 g/mol. The summed E-state index contributed by atoms with van der Waals surface area (Å²) in [5, 5.41) is 0. The molecule has 0 fully saturated rings. The van der Waals surface area contributed by atoms with E-state index in [9.17, 15) is 0 Å². The van der Waals surface area contributed by atoms with Gasteiger partial charge in [-0.2, -0.15) is 0 Å². The first-order valence-electron chi connectivity index (χ1n) is 8.54. The Morgan fingerprint density at radius 2 is 1.71 bits per heavy atom. The van der Waals surface area contributed by atoms with Crippen LogP contribution in [0.3, 0.4) is 0 Å². The van der Waals surface area contributed by atoms with E-state index >= 15 is 0 Å². The molecule has 0 bridgehead atoms. The summed E-state index contributed by atoms with van der Waals surface area (Å²) in [6.07, 6.45) is 2.12. The number of benzene rings is 2. The molecule has 2 aromatic carbocycles. The number of quaternary nitrogens is 1. The molecule has 0 saturated heterocycles. The van der Waals surface area contributed by atoms with Crippen molar-refractivity contribution < 1.29 is 23.8 Å². The highest BCUT2D eigenvalue weighted by Crippen LogP contribution is 2.42. The molecule has 4 aliphatic rings. The van der Waals surface area contributed by atoms with E-state index in [0.717, 1.165) is 48.9 Å². The normalized spacial score (nSPS) is 25.0. The molecule has 5 heteroatoms. The quantitative estimate of drug-likeness (QED) is 0.795. The molecule has 5 nitrogen and oxygen atoms in total. The molecule has 6 rings (SSSR count). The molecule has 4 heterocycles. The Morgan fingerprint density at radius 1 is 0.875 bits per heavy atom. The zero-order valence-electron chi connectivity index (χ0n) is 13.3. The first-order chi connectivity index (χ1) is 11.9. The van der Waals surface area contributed by atoms with E-state index in [2.05, 4.69) is 24.3 Å². The van der Waals surface area contributed by atoms with Crippen molar-refractivity contribution in [1.82, 2.24) is 0 Å². The number of rotatable bonds is 0. The number of fused-ring (bicyclic) bond motifs is 7. The van der Waals surface area contributed by atoms with Crippen LogP contribution in [0.4, 0.5) is 0 Å². The van der Waals surface area contributed by atoms with E-state index in [-0.39, 0.29) is 0 Å². The maximum atomic E-state index is 5.73. The summed E-state index contributed by atoms with van der Waals surface area (Å²) in [4.78, 5) is 1.61. The van der Waals surface area contributed by atoms with Crippen molar-refractivity contribution in [3.8, 4) is 23.0 Å². The van der Waals surface area contributed by atoms with Gasteiger partial charge >= 0.3 is 0 Å². The first-order valence-corrected chi connectivity index (χ1v) is 8.54. The summed E-state index contributed by atoms with van der Waals surface area (Å²) in [5.74, 6) is 3.66. The van der Waals surface area contributed by atoms with Crippen LogP contribution in [-0.2, 0) is 19.4 Å². The van der Waals surface area contributed by atoms with Gasteiger partial charge in [0.25, 0.3) is 0 Å². The maximum Gasteiger partial charge on any atom is 0.231 e. The van der Waals surface area contributed by atoms with Gasteiger partial charge in [0.2, 0.25) is 13.6 Å². The zero-order valence-corrected chi connectivity index (χ0v) is 13.3. The highest BCUT2D eigenvalue weighted by atomic mass is 16.7. The van der Waals surface area contributed by atoms with Gasteiger partial charge in [-0.05, 0) is 29.3 Å². The fourth-order valence-electron chi connectivity index (χ4n) is 4.60. The molecule has 2 atom stereocenters. The lowest BCUT2D eigenvalue weighted by molar-refractivity contribution is -0.949. The Labute approximate surface area is 139 Å². The molecule has 0 spiro atoms. The van der Waals surface area contributed by atoms with Crippen molar-refractivity contribution in [1.29, 1.82) is 0 Å². The van der Waals surface area contributed by atoms with E-state index in [4.69, 9.17) is 18.9 Å². The average Bonchev–Trinajstić information content (AvgIpc) is 3.26. The molecule has 24 heavy (non-hydrogen) atoms. The average molecular weight is 324 g/mol. The van der Waals surface area contributed by atoms with Gasteiger partial charge in [-0.25, -0.2) is 0 Å². The fraction of sp³-hybridized carbons (Fsp3) is 0.368. The highest BCUT2D eigenvalue weighted by Gasteiger charge is 2.39. The summed E-state index contributed by atoms with van der Waals surface area (Å²) >= 11 is 0. The van der Waals surface area contributed by atoms with Crippen LogP contribution in [0.2, 0.25) is 0 Å². The standard InChI is InChI=1S/C19H17NO4/c1-2-16-19(24-10-21-16)14-8-20-4-3-12-6-17-18(23-9-22-17)7-13(12)15(20)5-11(1)14/h1-2,6-7,15H,3-5,8-10H2/p+1/t15-/m0/s1. The van der Waals surface area contributed by atoms with Gasteiger partial charge in [0.1, 0.15) is 12.6 Å². The SMILES string of the molecule is c1cc2c(c3c1C[C@H]1c4cc5c(cc4CC[NH+]1C3)OCO5)OCO2. The Hall–Kier alpha value is -2.40. The summed E-state index contributed by atoms with van der Waals surface area (Å²) in [6.45, 7) is 2.82. The lowest BCUT2D eigenvalue weighted by atomic mass is 9.83. The zero-order chi connectivity index (χ0) is 15.7. The van der Waals surface area contributed by atoms with Crippen LogP contribution >= 0.6 is 0 Å². The largest absolute Gasteiger partial charge is 0.454 e. The van der Waals surface area contributed by atoms with E-state index in [1.165, 1.54) is 22.3 Å². The summed E-state index contributed by atoms with van der Waals surface area (Å²) < 4.78 is 22.4. The van der Waals surface area contributed by atoms with Crippen LogP contribution in [0.1, 0.15) is 28.3 Å². The molecule has 0 aromatic heterocycles. The lowest BCUT2D eigenvalue weighted by Gasteiger charge is -2.38. The third-order valence-electron chi connectivity index (χ3n) is 5.79. The maximum absolute atomic E-state index is 5.73. The summed E-state index contributed by atoms with van der Waals surface area (Å²) in [6, 6.07) is 9.13. The molecule has 2 aromatic rings. The van der Waals surface area contributed by atoms with E-state index in [1.807, 2.05) is 0 Å². The Kier molecular flexibility index (Phi) is 2.47. The minimum Gasteiger partial charge on any atom is -0.454 e. The van der Waals surface area contributed by atoms with Gasteiger partial charge in [0.15, 0.2) is 23.0 Å². The fourth-order valence-corrected chi connectivity index (χ4v) is 4.60. The van der Waals surface area contributed by atoms with Crippen molar-refractivity contribution in [3.05, 3.63) is 46.5 Å². The Morgan fingerprint density at radius 3 is 2.67 bits per heavy atom. The molecule has 0 amide bonds. The van der Waals surface area contributed by atoms with E-state index in [1.54, 1.807) is 4.90 Å². The minimum absolute atomic E-state index is 0.339. The molecule has 0 radical (unpaired) electrons. The number of hydrogen-bond donors (Lipinski definition) is 1. The van der Waals surface area contributed by atoms with Crippen molar-refractivity contribution in [2.24, 2.45) is 0 Å². The second-order valence-corrected chi connectivity index (χ2v) is 6.93. The van der Waals surface area contributed by atoms with E-state index < -0.39 is 0 Å². The number of ether oxygens (including phenoxy) is 4. The van der Waals surface area contributed by atoms with Crippen LogP contribution < -0.4 is 23.8 Å².